The summed E-state index contributed by atoms with van der Waals surface area (Å²) < 4.78 is 0. The van der Waals surface area contributed by atoms with E-state index in [2.05, 4.69) is 196 Å². The van der Waals surface area contributed by atoms with Crippen molar-refractivity contribution in [2.45, 2.75) is 19.3 Å². The molecule has 242 valence electrons. The summed E-state index contributed by atoms with van der Waals surface area (Å²) in [5.41, 5.74) is 19.3. The molecule has 9 rings (SSSR count). The zero-order valence-electron chi connectivity index (χ0n) is 28.8. The van der Waals surface area contributed by atoms with E-state index in [-0.39, 0.29) is 5.41 Å². The van der Waals surface area contributed by atoms with Crippen LogP contribution in [0.25, 0.3) is 78.1 Å². The van der Waals surface area contributed by atoms with Gasteiger partial charge in [0.15, 0.2) is 0 Å². The summed E-state index contributed by atoms with van der Waals surface area (Å²) in [7, 11) is 0. The number of nitrogens with zero attached hydrogens (tertiary/aromatic N) is 1. The quantitative estimate of drug-likeness (QED) is 0.174. The Morgan fingerprint density at radius 3 is 1.31 bits per heavy atom. The zero-order chi connectivity index (χ0) is 34.4. The minimum Gasteiger partial charge on any atom is -0.248 e. The number of hydrogen-bond donors (Lipinski definition) is 0. The van der Waals surface area contributed by atoms with Crippen molar-refractivity contribution in [1.29, 1.82) is 0 Å². The Kier molecular flexibility index (Phi) is 7.55. The minimum atomic E-state index is -0.0606. The van der Waals surface area contributed by atoms with Gasteiger partial charge in [-0.2, -0.15) is 0 Å². The van der Waals surface area contributed by atoms with Crippen LogP contribution < -0.4 is 0 Å². The first-order valence-electron chi connectivity index (χ1n) is 17.7. The van der Waals surface area contributed by atoms with Crippen molar-refractivity contribution in [3.63, 3.8) is 0 Å². The number of fused-ring (bicyclic) bond motifs is 3. The van der Waals surface area contributed by atoms with E-state index < -0.39 is 0 Å². The standard InChI is InChI=1S/C50H37N/c1-50(2)46-21-13-12-20-42(46)45-32-43(37-16-8-4-9-17-37)44(33-47(45)50)38-26-22-35(23-27-38)36-24-28-40(29-25-36)49-31-41(34-14-6-3-7-15-34)30-48(51-49)39-18-10-5-11-19-39/h3-33H,1-2H3. The van der Waals surface area contributed by atoms with Gasteiger partial charge in [0.1, 0.15) is 0 Å². The maximum atomic E-state index is 5.13. The molecule has 0 aliphatic heterocycles. The monoisotopic (exact) mass is 651 g/mol. The van der Waals surface area contributed by atoms with Gasteiger partial charge < -0.3 is 0 Å². The van der Waals surface area contributed by atoms with Crippen molar-refractivity contribution in [1.82, 2.24) is 4.98 Å². The Hall–Kier alpha value is -6.31. The van der Waals surface area contributed by atoms with Crippen LogP contribution in [0.2, 0.25) is 0 Å². The van der Waals surface area contributed by atoms with Crippen molar-refractivity contribution in [2.75, 3.05) is 0 Å². The third-order valence-corrected chi connectivity index (χ3v) is 10.5. The summed E-state index contributed by atoms with van der Waals surface area (Å²) >= 11 is 0. The van der Waals surface area contributed by atoms with E-state index in [0.717, 1.165) is 28.1 Å². The SMILES string of the molecule is CC1(C)c2ccccc2-c2cc(-c3ccccc3)c(-c3ccc(-c4ccc(-c5cc(-c6ccccc6)cc(-c6ccccc6)n5)cc4)cc3)cc21. The Bertz CT molecular complexity index is 2440. The van der Waals surface area contributed by atoms with Gasteiger partial charge in [-0.25, -0.2) is 4.98 Å². The number of hydrogen-bond acceptors (Lipinski definition) is 1. The highest BCUT2D eigenvalue weighted by Gasteiger charge is 2.36. The molecule has 0 spiro atoms. The van der Waals surface area contributed by atoms with Crippen LogP contribution >= 0.6 is 0 Å². The molecule has 0 bridgehead atoms. The number of aromatic nitrogens is 1. The second kappa shape index (κ2) is 12.5. The third-order valence-electron chi connectivity index (χ3n) is 10.5. The smallest absolute Gasteiger partial charge is 0.0715 e. The molecule has 1 heterocycles. The van der Waals surface area contributed by atoms with Crippen LogP contribution in [0, 0.1) is 0 Å². The highest BCUT2D eigenvalue weighted by atomic mass is 14.7. The Morgan fingerprint density at radius 2 is 0.706 bits per heavy atom. The van der Waals surface area contributed by atoms with Gasteiger partial charge in [-0.05, 0) is 91.0 Å². The minimum absolute atomic E-state index is 0.0606. The van der Waals surface area contributed by atoms with E-state index in [4.69, 9.17) is 4.98 Å². The lowest BCUT2D eigenvalue weighted by molar-refractivity contribution is 0.660. The summed E-state index contributed by atoms with van der Waals surface area (Å²) in [6.45, 7) is 4.71. The molecule has 1 aromatic heterocycles. The van der Waals surface area contributed by atoms with Gasteiger partial charge >= 0.3 is 0 Å². The summed E-state index contributed by atoms with van der Waals surface area (Å²) in [5, 5.41) is 0. The second-order valence-electron chi connectivity index (χ2n) is 14.0. The summed E-state index contributed by atoms with van der Waals surface area (Å²) in [5.74, 6) is 0. The number of rotatable bonds is 6. The molecular formula is C50H37N. The lowest BCUT2D eigenvalue weighted by atomic mass is 9.80. The first kappa shape index (κ1) is 30.7. The normalized spacial score (nSPS) is 12.7. The summed E-state index contributed by atoms with van der Waals surface area (Å²) in [4.78, 5) is 5.13. The van der Waals surface area contributed by atoms with E-state index in [9.17, 15) is 0 Å². The maximum absolute atomic E-state index is 5.13. The molecule has 0 N–H and O–H groups in total. The van der Waals surface area contributed by atoms with Crippen molar-refractivity contribution >= 4 is 0 Å². The largest absolute Gasteiger partial charge is 0.248 e. The predicted octanol–water partition coefficient (Wildman–Crippen LogP) is 13.4. The average Bonchev–Trinajstić information content (AvgIpc) is 3.43. The van der Waals surface area contributed by atoms with E-state index in [1.165, 1.54) is 61.2 Å². The van der Waals surface area contributed by atoms with Crippen LogP contribution in [0.15, 0.2) is 188 Å². The molecule has 0 saturated heterocycles. The topological polar surface area (TPSA) is 12.9 Å². The highest BCUT2D eigenvalue weighted by molar-refractivity contribution is 5.93. The van der Waals surface area contributed by atoms with E-state index in [0.29, 0.717) is 0 Å². The summed E-state index contributed by atoms with van der Waals surface area (Å²) in [6, 6.07) is 67.8. The molecule has 1 aliphatic carbocycles. The van der Waals surface area contributed by atoms with Crippen molar-refractivity contribution < 1.29 is 0 Å². The van der Waals surface area contributed by atoms with Crippen LogP contribution in [-0.2, 0) is 5.41 Å². The molecule has 0 saturated carbocycles. The highest BCUT2D eigenvalue weighted by Crippen LogP contribution is 2.51. The van der Waals surface area contributed by atoms with Gasteiger partial charge in [0.25, 0.3) is 0 Å². The lowest BCUT2D eigenvalue weighted by Gasteiger charge is -2.23. The molecule has 7 aromatic carbocycles. The van der Waals surface area contributed by atoms with E-state index in [1.807, 2.05) is 6.07 Å². The number of pyridine rings is 1. The Labute approximate surface area is 300 Å². The van der Waals surface area contributed by atoms with Crippen molar-refractivity contribution in [2.24, 2.45) is 0 Å². The fourth-order valence-corrected chi connectivity index (χ4v) is 7.75. The molecule has 1 nitrogen and oxygen atoms in total. The second-order valence-corrected chi connectivity index (χ2v) is 14.0. The Morgan fingerprint density at radius 1 is 0.294 bits per heavy atom. The first-order chi connectivity index (χ1) is 25.0. The maximum Gasteiger partial charge on any atom is 0.0715 e. The predicted molar refractivity (Wildman–Crippen MR) is 214 cm³/mol. The van der Waals surface area contributed by atoms with Gasteiger partial charge in [-0.3, -0.25) is 0 Å². The van der Waals surface area contributed by atoms with Gasteiger partial charge in [0, 0.05) is 16.5 Å². The molecule has 1 heteroatoms. The molecular weight excluding hydrogens is 615 g/mol. The van der Waals surface area contributed by atoms with E-state index in [1.54, 1.807) is 0 Å². The number of benzene rings is 7. The van der Waals surface area contributed by atoms with Crippen LogP contribution in [0.3, 0.4) is 0 Å². The van der Waals surface area contributed by atoms with Crippen LogP contribution in [-0.4, -0.2) is 4.98 Å². The zero-order valence-corrected chi connectivity index (χ0v) is 28.8. The molecule has 0 atom stereocenters. The molecule has 0 unspecified atom stereocenters. The molecule has 0 amide bonds. The third kappa shape index (κ3) is 5.58. The molecule has 8 aromatic rings. The van der Waals surface area contributed by atoms with Gasteiger partial charge in [0.2, 0.25) is 0 Å². The average molecular weight is 652 g/mol. The fraction of sp³-hybridized carbons (Fsp3) is 0.0600. The van der Waals surface area contributed by atoms with Crippen molar-refractivity contribution in [3.8, 4) is 78.1 Å². The fourth-order valence-electron chi connectivity index (χ4n) is 7.75. The van der Waals surface area contributed by atoms with Crippen LogP contribution in [0.4, 0.5) is 0 Å². The van der Waals surface area contributed by atoms with Crippen molar-refractivity contribution in [3.05, 3.63) is 199 Å². The van der Waals surface area contributed by atoms with Crippen LogP contribution in [0.1, 0.15) is 25.0 Å². The molecule has 51 heavy (non-hydrogen) atoms. The molecule has 0 fully saturated rings. The lowest BCUT2D eigenvalue weighted by Crippen LogP contribution is -2.15. The molecule has 1 aliphatic rings. The van der Waals surface area contributed by atoms with Gasteiger partial charge in [-0.15, -0.1) is 0 Å². The van der Waals surface area contributed by atoms with E-state index >= 15 is 0 Å². The Balaban J connectivity index is 1.07. The summed E-state index contributed by atoms with van der Waals surface area (Å²) in [6.07, 6.45) is 0. The van der Waals surface area contributed by atoms with Gasteiger partial charge in [-0.1, -0.05) is 178 Å². The van der Waals surface area contributed by atoms with Gasteiger partial charge in [0.05, 0.1) is 11.4 Å². The first-order valence-corrected chi connectivity index (χ1v) is 17.7. The van der Waals surface area contributed by atoms with Crippen LogP contribution in [0.5, 0.6) is 0 Å². The molecule has 0 radical (unpaired) electrons.